The Morgan fingerprint density at radius 2 is 1.78 bits per heavy atom. The Kier molecular flexibility index (Phi) is 4.63. The minimum absolute atomic E-state index is 0.289. The standard InChI is InChI=1S/C13H16O10/c14-4-13(21)10(18)8(23-12(13)20)3-22-11(19)5-1-6(15)9(17)7(16)2-5/h1-2,8,10,12,14-18,20-21H,3-4H2. The molecule has 1 aromatic carbocycles. The first-order valence-corrected chi connectivity index (χ1v) is 6.47. The second-order valence-electron chi connectivity index (χ2n) is 5.08. The van der Waals surface area contributed by atoms with E-state index in [9.17, 15) is 35.4 Å². The molecule has 1 heterocycles. The minimum atomic E-state index is -2.30. The molecule has 4 unspecified atom stereocenters. The predicted molar refractivity (Wildman–Crippen MR) is 70.6 cm³/mol. The van der Waals surface area contributed by atoms with Crippen LogP contribution in [-0.4, -0.2) is 79.0 Å². The molecule has 10 heteroatoms. The molecule has 23 heavy (non-hydrogen) atoms. The molecule has 2 rings (SSSR count). The van der Waals surface area contributed by atoms with Crippen LogP contribution in [0.5, 0.6) is 17.2 Å². The fraction of sp³-hybridized carbons (Fsp3) is 0.462. The number of hydrogen-bond acceptors (Lipinski definition) is 10. The molecular weight excluding hydrogens is 316 g/mol. The molecule has 7 N–H and O–H groups in total. The minimum Gasteiger partial charge on any atom is -0.504 e. The highest BCUT2D eigenvalue weighted by atomic mass is 16.7. The van der Waals surface area contributed by atoms with Crippen LogP contribution in [-0.2, 0) is 9.47 Å². The second kappa shape index (κ2) is 6.18. The SMILES string of the molecule is O=C(OCC1OC(O)C(O)(CO)C1O)c1cc(O)c(O)c(O)c1. The average molecular weight is 332 g/mol. The molecule has 1 saturated heterocycles. The van der Waals surface area contributed by atoms with E-state index in [0.29, 0.717) is 0 Å². The normalized spacial score (nSPS) is 30.3. The lowest BCUT2D eigenvalue weighted by atomic mass is 9.96. The molecule has 10 nitrogen and oxygen atoms in total. The summed E-state index contributed by atoms with van der Waals surface area (Å²) in [5.41, 5.74) is -2.59. The van der Waals surface area contributed by atoms with E-state index >= 15 is 0 Å². The Morgan fingerprint density at radius 3 is 2.26 bits per heavy atom. The first-order valence-electron chi connectivity index (χ1n) is 6.47. The molecule has 4 atom stereocenters. The average Bonchev–Trinajstić information content (AvgIpc) is 2.74. The van der Waals surface area contributed by atoms with Crippen LogP contribution in [0.2, 0.25) is 0 Å². The van der Waals surface area contributed by atoms with Crippen molar-refractivity contribution >= 4 is 5.97 Å². The van der Waals surface area contributed by atoms with E-state index in [2.05, 4.69) is 0 Å². The Hall–Kier alpha value is -2.11. The van der Waals surface area contributed by atoms with E-state index in [1.807, 2.05) is 0 Å². The number of rotatable bonds is 4. The summed E-state index contributed by atoms with van der Waals surface area (Å²) in [4.78, 5) is 11.8. The summed E-state index contributed by atoms with van der Waals surface area (Å²) in [6, 6.07) is 1.70. The number of aliphatic hydroxyl groups excluding tert-OH is 3. The highest BCUT2D eigenvalue weighted by Gasteiger charge is 2.55. The van der Waals surface area contributed by atoms with Gasteiger partial charge in [-0.1, -0.05) is 0 Å². The summed E-state index contributed by atoms with van der Waals surface area (Å²) in [5.74, 6) is -3.30. The van der Waals surface area contributed by atoms with Gasteiger partial charge in [0.1, 0.15) is 18.8 Å². The number of hydrogen-bond donors (Lipinski definition) is 7. The van der Waals surface area contributed by atoms with Gasteiger partial charge in [-0.15, -0.1) is 0 Å². The molecule has 0 saturated carbocycles. The summed E-state index contributed by atoms with van der Waals surface area (Å²) in [6.07, 6.45) is -4.88. The molecule has 1 aromatic rings. The quantitative estimate of drug-likeness (QED) is 0.235. The lowest BCUT2D eigenvalue weighted by molar-refractivity contribution is -0.191. The highest BCUT2D eigenvalue weighted by molar-refractivity contribution is 5.91. The van der Waals surface area contributed by atoms with Crippen molar-refractivity contribution in [3.63, 3.8) is 0 Å². The van der Waals surface area contributed by atoms with Gasteiger partial charge in [0.15, 0.2) is 29.1 Å². The maximum absolute atomic E-state index is 11.8. The molecule has 1 fully saturated rings. The van der Waals surface area contributed by atoms with Crippen molar-refractivity contribution in [1.29, 1.82) is 0 Å². The van der Waals surface area contributed by atoms with Gasteiger partial charge in [-0.25, -0.2) is 4.79 Å². The highest BCUT2D eigenvalue weighted by Crippen LogP contribution is 2.35. The lowest BCUT2D eigenvalue weighted by Gasteiger charge is -2.25. The first kappa shape index (κ1) is 17.2. The first-order chi connectivity index (χ1) is 10.7. The summed E-state index contributed by atoms with van der Waals surface area (Å²) in [5, 5.41) is 65.8. The maximum Gasteiger partial charge on any atom is 0.338 e. The van der Waals surface area contributed by atoms with Crippen molar-refractivity contribution in [2.24, 2.45) is 0 Å². The molecule has 128 valence electrons. The smallest absolute Gasteiger partial charge is 0.338 e. The van der Waals surface area contributed by atoms with Crippen LogP contribution in [0.4, 0.5) is 0 Å². The van der Waals surface area contributed by atoms with Crippen molar-refractivity contribution in [2.75, 3.05) is 13.2 Å². The summed E-state index contributed by atoms with van der Waals surface area (Å²) in [6.45, 7) is -1.55. The van der Waals surface area contributed by atoms with Gasteiger partial charge in [0.25, 0.3) is 0 Å². The predicted octanol–water partition coefficient (Wildman–Crippen LogP) is -2.24. The van der Waals surface area contributed by atoms with Crippen LogP contribution in [0.25, 0.3) is 0 Å². The number of carbonyl (C=O) groups is 1. The number of phenolic OH excluding ortho intramolecular Hbond substituents is 3. The Labute approximate surface area is 129 Å². The molecule has 1 aliphatic heterocycles. The van der Waals surface area contributed by atoms with Crippen molar-refractivity contribution in [2.45, 2.75) is 24.1 Å². The zero-order valence-corrected chi connectivity index (χ0v) is 11.7. The summed E-state index contributed by atoms with van der Waals surface area (Å²) >= 11 is 0. The van der Waals surface area contributed by atoms with E-state index in [1.165, 1.54) is 0 Å². The number of aliphatic hydroxyl groups is 4. The van der Waals surface area contributed by atoms with Crippen molar-refractivity contribution in [3.8, 4) is 17.2 Å². The number of carbonyl (C=O) groups excluding carboxylic acids is 1. The topological polar surface area (TPSA) is 177 Å². The fourth-order valence-corrected chi connectivity index (χ4v) is 2.09. The van der Waals surface area contributed by atoms with Crippen LogP contribution in [0.1, 0.15) is 10.4 Å². The van der Waals surface area contributed by atoms with Crippen molar-refractivity contribution in [3.05, 3.63) is 17.7 Å². The van der Waals surface area contributed by atoms with Crippen LogP contribution in [0, 0.1) is 0 Å². The molecule has 0 bridgehead atoms. The summed E-state index contributed by atoms with van der Waals surface area (Å²) in [7, 11) is 0. The lowest BCUT2D eigenvalue weighted by Crippen LogP contribution is -2.51. The van der Waals surface area contributed by atoms with Gasteiger partial charge in [-0.3, -0.25) is 0 Å². The number of esters is 1. The van der Waals surface area contributed by atoms with Crippen LogP contribution >= 0.6 is 0 Å². The second-order valence-corrected chi connectivity index (χ2v) is 5.08. The van der Waals surface area contributed by atoms with Gasteiger partial charge in [0, 0.05) is 0 Å². The number of phenols is 3. The van der Waals surface area contributed by atoms with Gasteiger partial charge in [0.2, 0.25) is 0 Å². The zero-order valence-electron chi connectivity index (χ0n) is 11.7. The Bertz CT molecular complexity index is 579. The van der Waals surface area contributed by atoms with E-state index in [-0.39, 0.29) is 5.56 Å². The third-order valence-electron chi connectivity index (χ3n) is 3.53. The fourth-order valence-electron chi connectivity index (χ4n) is 2.09. The van der Waals surface area contributed by atoms with Gasteiger partial charge in [-0.2, -0.15) is 0 Å². The number of ether oxygens (including phenoxy) is 2. The summed E-state index contributed by atoms with van der Waals surface area (Å²) < 4.78 is 9.60. The molecular formula is C13H16O10. The van der Waals surface area contributed by atoms with E-state index < -0.39 is 60.5 Å². The van der Waals surface area contributed by atoms with E-state index in [0.717, 1.165) is 12.1 Å². The Balaban J connectivity index is 2.03. The largest absolute Gasteiger partial charge is 0.504 e. The number of aromatic hydroxyl groups is 3. The van der Waals surface area contributed by atoms with E-state index in [1.54, 1.807) is 0 Å². The molecule has 0 radical (unpaired) electrons. The molecule has 1 aliphatic rings. The van der Waals surface area contributed by atoms with Crippen LogP contribution < -0.4 is 0 Å². The molecule has 0 aromatic heterocycles. The Morgan fingerprint density at radius 1 is 1.22 bits per heavy atom. The van der Waals surface area contributed by atoms with Crippen molar-refractivity contribution < 1.29 is 50.0 Å². The van der Waals surface area contributed by atoms with Gasteiger partial charge in [-0.05, 0) is 12.1 Å². The van der Waals surface area contributed by atoms with Crippen LogP contribution in [0.3, 0.4) is 0 Å². The third-order valence-corrected chi connectivity index (χ3v) is 3.53. The molecule has 0 aliphatic carbocycles. The van der Waals surface area contributed by atoms with Crippen molar-refractivity contribution in [1.82, 2.24) is 0 Å². The number of benzene rings is 1. The maximum atomic E-state index is 11.8. The van der Waals surface area contributed by atoms with Crippen LogP contribution in [0.15, 0.2) is 12.1 Å². The van der Waals surface area contributed by atoms with E-state index in [4.69, 9.17) is 14.6 Å². The van der Waals surface area contributed by atoms with Gasteiger partial charge in [0.05, 0.1) is 12.2 Å². The van der Waals surface area contributed by atoms with Gasteiger partial charge < -0.3 is 45.2 Å². The monoisotopic (exact) mass is 332 g/mol. The molecule has 0 spiro atoms. The molecule has 0 amide bonds. The zero-order chi connectivity index (χ0) is 17.4. The third kappa shape index (κ3) is 3.02. The van der Waals surface area contributed by atoms with Gasteiger partial charge >= 0.3 is 5.97 Å².